The second-order valence-electron chi connectivity index (χ2n) is 5.30. The maximum Gasteiger partial charge on any atom is 0.255 e. The van der Waals surface area contributed by atoms with Crippen molar-refractivity contribution < 1.29 is 14.3 Å². The Hall–Kier alpha value is -3.34. The molecule has 0 aliphatic carbocycles. The summed E-state index contributed by atoms with van der Waals surface area (Å²) in [4.78, 5) is 23.0. The molecule has 5 nitrogen and oxygen atoms in total. The summed E-state index contributed by atoms with van der Waals surface area (Å²) < 4.78 is 5.17. The first-order chi connectivity index (χ1) is 11.6. The van der Waals surface area contributed by atoms with Crippen LogP contribution in [-0.4, -0.2) is 18.4 Å². The van der Waals surface area contributed by atoms with Gasteiger partial charge in [-0.2, -0.15) is 0 Å². The Morgan fingerprint density at radius 1 is 0.917 bits per heavy atom. The van der Waals surface area contributed by atoms with Crippen LogP contribution in [0.4, 0.5) is 5.69 Å². The molecule has 0 aliphatic rings. The third kappa shape index (κ3) is 3.70. The molecule has 5 heteroatoms. The summed E-state index contributed by atoms with van der Waals surface area (Å²) in [5.74, 6) is -0.215. The highest BCUT2D eigenvalue weighted by molar-refractivity contribution is 6.06. The van der Waals surface area contributed by atoms with E-state index in [2.05, 4.69) is 5.32 Å². The van der Waals surface area contributed by atoms with Gasteiger partial charge in [-0.15, -0.1) is 0 Å². The minimum Gasteiger partial charge on any atom is -0.484 e. The lowest BCUT2D eigenvalue weighted by Crippen LogP contribution is -2.20. The van der Waals surface area contributed by atoms with Crippen LogP contribution in [0.3, 0.4) is 0 Å². The molecular weight excluding hydrogens is 304 g/mol. The molecule has 3 N–H and O–H groups in total. The largest absolute Gasteiger partial charge is 0.484 e. The summed E-state index contributed by atoms with van der Waals surface area (Å²) in [5.41, 5.74) is 6.24. The van der Waals surface area contributed by atoms with E-state index in [1.165, 1.54) is 0 Å². The Morgan fingerprint density at radius 2 is 1.62 bits per heavy atom. The molecule has 0 unspecified atom stereocenters. The van der Waals surface area contributed by atoms with Crippen LogP contribution in [0.1, 0.15) is 10.4 Å². The van der Waals surface area contributed by atoms with Gasteiger partial charge in [0.2, 0.25) is 0 Å². The van der Waals surface area contributed by atoms with Crippen LogP contribution in [0.2, 0.25) is 0 Å². The quantitative estimate of drug-likeness (QED) is 0.758. The maximum absolute atomic E-state index is 12.4. The normalized spacial score (nSPS) is 10.3. The monoisotopic (exact) mass is 320 g/mol. The van der Waals surface area contributed by atoms with E-state index < -0.39 is 5.91 Å². The van der Waals surface area contributed by atoms with E-state index in [4.69, 9.17) is 10.5 Å². The lowest BCUT2D eigenvalue weighted by atomic mass is 10.1. The number of carbonyl (C=O) groups is 2. The summed E-state index contributed by atoms with van der Waals surface area (Å²) >= 11 is 0. The van der Waals surface area contributed by atoms with Gasteiger partial charge < -0.3 is 15.8 Å². The van der Waals surface area contributed by atoms with Crippen molar-refractivity contribution in [1.29, 1.82) is 0 Å². The van der Waals surface area contributed by atoms with Gasteiger partial charge in [0.15, 0.2) is 6.61 Å². The number of hydrogen-bond acceptors (Lipinski definition) is 3. The zero-order valence-electron chi connectivity index (χ0n) is 12.9. The van der Waals surface area contributed by atoms with Crippen molar-refractivity contribution in [3.63, 3.8) is 0 Å². The zero-order chi connectivity index (χ0) is 16.9. The number of ether oxygens (including phenoxy) is 1. The van der Waals surface area contributed by atoms with Crippen molar-refractivity contribution in [3.05, 3.63) is 72.3 Å². The summed E-state index contributed by atoms with van der Waals surface area (Å²) in [6, 6.07) is 20.2. The van der Waals surface area contributed by atoms with Crippen molar-refractivity contribution >= 4 is 28.3 Å². The van der Waals surface area contributed by atoms with Gasteiger partial charge in [0.25, 0.3) is 11.8 Å². The van der Waals surface area contributed by atoms with E-state index in [0.717, 1.165) is 10.8 Å². The summed E-state index contributed by atoms with van der Waals surface area (Å²) in [6.07, 6.45) is 0. The van der Waals surface area contributed by atoms with Crippen molar-refractivity contribution in [3.8, 4) is 5.75 Å². The third-order valence-electron chi connectivity index (χ3n) is 3.50. The molecule has 120 valence electrons. The predicted molar refractivity (Wildman–Crippen MR) is 93.0 cm³/mol. The smallest absolute Gasteiger partial charge is 0.255 e. The molecule has 0 radical (unpaired) electrons. The first-order valence-electron chi connectivity index (χ1n) is 7.43. The van der Waals surface area contributed by atoms with E-state index >= 15 is 0 Å². The second kappa shape index (κ2) is 6.83. The Kier molecular flexibility index (Phi) is 4.43. The number of anilines is 1. The van der Waals surface area contributed by atoms with Gasteiger partial charge in [0, 0.05) is 11.3 Å². The van der Waals surface area contributed by atoms with Crippen molar-refractivity contribution in [1.82, 2.24) is 0 Å². The standard InChI is InChI=1S/C19H16N2O3/c20-18(22)12-24-17-9-7-16(8-10-17)21-19(23)15-6-5-13-3-1-2-4-14(13)11-15/h1-11H,12H2,(H2,20,22)(H,21,23). The van der Waals surface area contributed by atoms with Crippen LogP contribution in [0, 0.1) is 0 Å². The number of fused-ring (bicyclic) bond motifs is 1. The Labute approximate surface area is 139 Å². The number of carbonyl (C=O) groups excluding carboxylic acids is 2. The molecular formula is C19H16N2O3. The number of benzene rings is 3. The molecule has 0 bridgehead atoms. The van der Waals surface area contributed by atoms with Crippen LogP contribution >= 0.6 is 0 Å². The number of nitrogens with two attached hydrogens (primary N) is 1. The third-order valence-corrected chi connectivity index (χ3v) is 3.50. The Bertz CT molecular complexity index is 889. The molecule has 3 rings (SSSR count). The molecule has 0 fully saturated rings. The number of amides is 2. The fourth-order valence-corrected chi connectivity index (χ4v) is 2.32. The molecule has 0 atom stereocenters. The van der Waals surface area contributed by atoms with E-state index in [1.807, 2.05) is 36.4 Å². The van der Waals surface area contributed by atoms with Crippen molar-refractivity contribution in [2.75, 3.05) is 11.9 Å². The fraction of sp³-hybridized carbons (Fsp3) is 0.0526. The summed E-state index contributed by atoms with van der Waals surface area (Å²) in [6.45, 7) is -0.178. The second-order valence-corrected chi connectivity index (χ2v) is 5.30. The van der Waals surface area contributed by atoms with Gasteiger partial charge in [-0.1, -0.05) is 30.3 Å². The van der Waals surface area contributed by atoms with Gasteiger partial charge in [0.05, 0.1) is 0 Å². The van der Waals surface area contributed by atoms with Gasteiger partial charge in [-0.25, -0.2) is 0 Å². The molecule has 0 saturated carbocycles. The zero-order valence-corrected chi connectivity index (χ0v) is 12.9. The van der Waals surface area contributed by atoms with Gasteiger partial charge in [0.1, 0.15) is 5.75 Å². The average Bonchev–Trinajstić information content (AvgIpc) is 2.60. The molecule has 3 aromatic carbocycles. The molecule has 0 spiro atoms. The van der Waals surface area contributed by atoms with Crippen molar-refractivity contribution in [2.24, 2.45) is 5.73 Å². The topological polar surface area (TPSA) is 81.4 Å². The van der Waals surface area contributed by atoms with Crippen molar-refractivity contribution in [2.45, 2.75) is 0 Å². The number of rotatable bonds is 5. The summed E-state index contributed by atoms with van der Waals surface area (Å²) in [7, 11) is 0. The van der Waals surface area contributed by atoms with Crippen LogP contribution in [-0.2, 0) is 4.79 Å². The van der Waals surface area contributed by atoms with Crippen LogP contribution in [0.5, 0.6) is 5.75 Å². The van der Waals surface area contributed by atoms with Gasteiger partial charge >= 0.3 is 0 Å². The molecule has 24 heavy (non-hydrogen) atoms. The molecule has 2 amide bonds. The molecule has 0 aliphatic heterocycles. The highest BCUT2D eigenvalue weighted by Gasteiger charge is 2.07. The first-order valence-corrected chi connectivity index (χ1v) is 7.43. The molecule has 3 aromatic rings. The Morgan fingerprint density at radius 3 is 2.33 bits per heavy atom. The number of hydrogen-bond donors (Lipinski definition) is 2. The summed E-state index contributed by atoms with van der Waals surface area (Å²) in [5, 5.41) is 4.93. The maximum atomic E-state index is 12.4. The molecule has 0 aromatic heterocycles. The Balaban J connectivity index is 1.70. The van der Waals surface area contributed by atoms with Crippen LogP contribution < -0.4 is 15.8 Å². The first kappa shape index (κ1) is 15.6. The number of nitrogens with one attached hydrogen (secondary N) is 1. The SMILES string of the molecule is NC(=O)COc1ccc(NC(=O)c2ccc3ccccc3c2)cc1. The van der Waals surface area contributed by atoms with E-state index in [9.17, 15) is 9.59 Å². The molecule has 0 heterocycles. The van der Waals surface area contributed by atoms with Crippen LogP contribution in [0.15, 0.2) is 66.7 Å². The highest BCUT2D eigenvalue weighted by Crippen LogP contribution is 2.19. The lowest BCUT2D eigenvalue weighted by Gasteiger charge is -2.08. The number of primary amides is 1. The predicted octanol–water partition coefficient (Wildman–Crippen LogP) is 2.96. The van der Waals surface area contributed by atoms with Gasteiger partial charge in [-0.05, 0) is 47.2 Å². The average molecular weight is 320 g/mol. The molecule has 0 saturated heterocycles. The highest BCUT2D eigenvalue weighted by atomic mass is 16.5. The minimum atomic E-state index is -0.538. The van der Waals surface area contributed by atoms with Crippen LogP contribution in [0.25, 0.3) is 10.8 Å². The van der Waals surface area contributed by atoms with E-state index in [0.29, 0.717) is 17.0 Å². The minimum absolute atomic E-state index is 0.178. The van der Waals surface area contributed by atoms with E-state index in [-0.39, 0.29) is 12.5 Å². The lowest BCUT2D eigenvalue weighted by molar-refractivity contribution is -0.119. The van der Waals surface area contributed by atoms with Gasteiger partial charge in [-0.3, -0.25) is 9.59 Å². The fourth-order valence-electron chi connectivity index (χ4n) is 2.32. The van der Waals surface area contributed by atoms with E-state index in [1.54, 1.807) is 30.3 Å².